The molecular weight excluding hydrogens is 272 g/mol. The summed E-state index contributed by atoms with van der Waals surface area (Å²) in [7, 11) is 1.57. The van der Waals surface area contributed by atoms with Crippen LogP contribution in [0.2, 0.25) is 0 Å². The van der Waals surface area contributed by atoms with Crippen LogP contribution in [0.25, 0.3) is 0 Å². The topological polar surface area (TPSA) is 87.7 Å². The number of anilines is 1. The molecule has 0 saturated carbocycles. The predicted molar refractivity (Wildman–Crippen MR) is 80.6 cm³/mol. The van der Waals surface area contributed by atoms with Crippen molar-refractivity contribution in [3.63, 3.8) is 0 Å². The van der Waals surface area contributed by atoms with Crippen LogP contribution < -0.4 is 15.4 Å². The van der Waals surface area contributed by atoms with Crippen molar-refractivity contribution in [3.8, 4) is 5.75 Å². The number of hydrogen-bond acceptors (Lipinski definition) is 4. The highest BCUT2D eigenvalue weighted by Gasteiger charge is 2.21. The molecule has 0 unspecified atom stereocenters. The SMILES string of the molecule is COc1ccccc1NCC(=O)NC(C)(C)CCC(=O)O. The fourth-order valence-electron chi connectivity index (χ4n) is 1.87. The molecule has 0 aliphatic carbocycles. The molecule has 3 N–H and O–H groups in total. The molecule has 1 amide bonds. The highest BCUT2D eigenvalue weighted by molar-refractivity contribution is 5.82. The van der Waals surface area contributed by atoms with Gasteiger partial charge in [-0.25, -0.2) is 0 Å². The molecule has 0 spiro atoms. The molecule has 1 aromatic rings. The molecule has 1 rings (SSSR count). The summed E-state index contributed by atoms with van der Waals surface area (Å²) in [4.78, 5) is 22.5. The molecule has 6 nitrogen and oxygen atoms in total. The fraction of sp³-hybridized carbons (Fsp3) is 0.467. The van der Waals surface area contributed by atoms with E-state index in [1.165, 1.54) is 0 Å². The van der Waals surface area contributed by atoms with Gasteiger partial charge in [-0.05, 0) is 32.4 Å². The molecule has 21 heavy (non-hydrogen) atoms. The Balaban J connectivity index is 2.48. The molecule has 0 heterocycles. The van der Waals surface area contributed by atoms with E-state index in [-0.39, 0.29) is 18.9 Å². The Labute approximate surface area is 124 Å². The number of ether oxygens (including phenoxy) is 1. The summed E-state index contributed by atoms with van der Waals surface area (Å²) in [5, 5.41) is 14.5. The minimum absolute atomic E-state index is 0.0210. The van der Waals surface area contributed by atoms with E-state index in [2.05, 4.69) is 10.6 Å². The molecule has 0 aliphatic rings. The molecule has 1 aromatic carbocycles. The number of amides is 1. The summed E-state index contributed by atoms with van der Waals surface area (Å²) in [6, 6.07) is 7.32. The molecule has 6 heteroatoms. The van der Waals surface area contributed by atoms with Crippen LogP contribution in [0.3, 0.4) is 0 Å². The maximum absolute atomic E-state index is 11.9. The van der Waals surface area contributed by atoms with E-state index in [4.69, 9.17) is 9.84 Å². The number of hydrogen-bond donors (Lipinski definition) is 3. The van der Waals surface area contributed by atoms with Crippen LogP contribution in [0.5, 0.6) is 5.75 Å². The number of para-hydroxylation sites is 2. The number of carbonyl (C=O) groups excluding carboxylic acids is 1. The van der Waals surface area contributed by atoms with Crippen LogP contribution in [-0.2, 0) is 9.59 Å². The lowest BCUT2D eigenvalue weighted by atomic mass is 9.98. The summed E-state index contributed by atoms with van der Waals surface area (Å²) in [5.41, 5.74) is 0.177. The van der Waals surface area contributed by atoms with Crippen molar-refractivity contribution < 1.29 is 19.4 Å². The minimum Gasteiger partial charge on any atom is -0.495 e. The average molecular weight is 294 g/mol. The molecule has 0 radical (unpaired) electrons. The van der Waals surface area contributed by atoms with Gasteiger partial charge in [0.15, 0.2) is 0 Å². The van der Waals surface area contributed by atoms with E-state index in [1.54, 1.807) is 27.0 Å². The van der Waals surface area contributed by atoms with Gasteiger partial charge in [-0.1, -0.05) is 12.1 Å². The lowest BCUT2D eigenvalue weighted by Crippen LogP contribution is -2.46. The van der Waals surface area contributed by atoms with Crippen LogP contribution in [0.1, 0.15) is 26.7 Å². The zero-order valence-corrected chi connectivity index (χ0v) is 12.6. The molecule has 0 fully saturated rings. The average Bonchev–Trinajstić information content (AvgIpc) is 2.43. The van der Waals surface area contributed by atoms with Gasteiger partial charge >= 0.3 is 5.97 Å². The third-order valence-corrected chi connectivity index (χ3v) is 2.99. The normalized spacial score (nSPS) is 10.8. The van der Waals surface area contributed by atoms with Gasteiger partial charge in [0, 0.05) is 12.0 Å². The Kier molecular flexibility index (Phi) is 6.02. The van der Waals surface area contributed by atoms with Gasteiger partial charge < -0.3 is 20.5 Å². The Bertz CT molecular complexity index is 500. The van der Waals surface area contributed by atoms with Gasteiger partial charge in [0.05, 0.1) is 19.3 Å². The maximum Gasteiger partial charge on any atom is 0.303 e. The summed E-state index contributed by atoms with van der Waals surface area (Å²) in [5.74, 6) is -0.406. The zero-order chi connectivity index (χ0) is 15.9. The number of carboxylic acids is 1. The molecule has 0 atom stereocenters. The van der Waals surface area contributed by atoms with Gasteiger partial charge in [-0.3, -0.25) is 9.59 Å². The second-order valence-corrected chi connectivity index (χ2v) is 5.38. The Morgan fingerprint density at radius 2 is 1.95 bits per heavy atom. The van der Waals surface area contributed by atoms with Crippen LogP contribution in [0.4, 0.5) is 5.69 Å². The third-order valence-electron chi connectivity index (χ3n) is 2.99. The predicted octanol–water partition coefficient (Wildman–Crippen LogP) is 1.87. The Hall–Kier alpha value is -2.24. The number of methoxy groups -OCH3 is 1. The second-order valence-electron chi connectivity index (χ2n) is 5.38. The summed E-state index contributed by atoms with van der Waals surface area (Å²) in [6.45, 7) is 3.70. The van der Waals surface area contributed by atoms with Crippen molar-refractivity contribution in [2.75, 3.05) is 19.0 Å². The molecule has 0 saturated heterocycles. The molecule has 0 bridgehead atoms. The van der Waals surface area contributed by atoms with Gasteiger partial charge in [0.25, 0.3) is 0 Å². The van der Waals surface area contributed by atoms with E-state index in [9.17, 15) is 9.59 Å². The number of carboxylic acid groups (broad SMARTS) is 1. The number of aliphatic carboxylic acids is 1. The van der Waals surface area contributed by atoms with Gasteiger partial charge in [0.2, 0.25) is 5.91 Å². The first-order valence-electron chi connectivity index (χ1n) is 6.74. The molecular formula is C15H22N2O4. The largest absolute Gasteiger partial charge is 0.495 e. The lowest BCUT2D eigenvalue weighted by Gasteiger charge is -2.25. The zero-order valence-electron chi connectivity index (χ0n) is 12.6. The van der Waals surface area contributed by atoms with E-state index in [1.807, 2.05) is 18.2 Å². The Morgan fingerprint density at radius 3 is 2.57 bits per heavy atom. The van der Waals surface area contributed by atoms with E-state index < -0.39 is 11.5 Å². The smallest absolute Gasteiger partial charge is 0.303 e. The number of carbonyl (C=O) groups is 2. The van der Waals surface area contributed by atoms with E-state index >= 15 is 0 Å². The first-order valence-corrected chi connectivity index (χ1v) is 6.74. The van der Waals surface area contributed by atoms with Crippen molar-refractivity contribution in [1.82, 2.24) is 5.32 Å². The minimum atomic E-state index is -0.871. The van der Waals surface area contributed by atoms with Crippen molar-refractivity contribution >= 4 is 17.6 Å². The highest BCUT2D eigenvalue weighted by atomic mass is 16.5. The molecule has 116 valence electrons. The summed E-state index contributed by atoms with van der Waals surface area (Å²) in [6.07, 6.45) is 0.399. The van der Waals surface area contributed by atoms with Crippen molar-refractivity contribution in [2.45, 2.75) is 32.2 Å². The third kappa shape index (κ3) is 6.16. The molecule has 0 aliphatic heterocycles. The highest BCUT2D eigenvalue weighted by Crippen LogP contribution is 2.22. The van der Waals surface area contributed by atoms with Crippen molar-refractivity contribution in [1.29, 1.82) is 0 Å². The van der Waals surface area contributed by atoms with E-state index in [0.29, 0.717) is 12.2 Å². The van der Waals surface area contributed by atoms with Gasteiger partial charge in [-0.2, -0.15) is 0 Å². The van der Waals surface area contributed by atoms with E-state index in [0.717, 1.165) is 5.69 Å². The second kappa shape index (κ2) is 7.52. The standard InChI is InChI=1S/C15H22N2O4/c1-15(2,9-8-14(19)20)17-13(18)10-16-11-6-4-5-7-12(11)21-3/h4-7,16H,8-10H2,1-3H3,(H,17,18)(H,19,20). The first-order chi connectivity index (χ1) is 9.84. The van der Waals surface area contributed by atoms with Crippen molar-refractivity contribution in [2.24, 2.45) is 0 Å². The number of benzene rings is 1. The quantitative estimate of drug-likeness (QED) is 0.681. The van der Waals surface area contributed by atoms with Crippen LogP contribution in [0.15, 0.2) is 24.3 Å². The van der Waals surface area contributed by atoms with Crippen LogP contribution in [0, 0.1) is 0 Å². The molecule has 0 aromatic heterocycles. The first kappa shape index (κ1) is 16.8. The monoisotopic (exact) mass is 294 g/mol. The van der Waals surface area contributed by atoms with Gasteiger partial charge in [0.1, 0.15) is 5.75 Å². The number of rotatable bonds is 8. The van der Waals surface area contributed by atoms with Crippen LogP contribution >= 0.6 is 0 Å². The lowest BCUT2D eigenvalue weighted by molar-refractivity contribution is -0.137. The fourth-order valence-corrected chi connectivity index (χ4v) is 1.87. The van der Waals surface area contributed by atoms with Crippen LogP contribution in [-0.4, -0.2) is 36.2 Å². The number of nitrogens with one attached hydrogen (secondary N) is 2. The maximum atomic E-state index is 11.9. The van der Waals surface area contributed by atoms with Crippen molar-refractivity contribution in [3.05, 3.63) is 24.3 Å². The van der Waals surface area contributed by atoms with Gasteiger partial charge in [-0.15, -0.1) is 0 Å². The Morgan fingerprint density at radius 1 is 1.29 bits per heavy atom. The summed E-state index contributed by atoms with van der Waals surface area (Å²) >= 11 is 0. The summed E-state index contributed by atoms with van der Waals surface area (Å²) < 4.78 is 5.18.